The van der Waals surface area contributed by atoms with Crippen molar-refractivity contribution < 1.29 is 4.79 Å². The first-order chi connectivity index (χ1) is 6.61. The second-order valence-corrected chi connectivity index (χ2v) is 3.83. The minimum atomic E-state index is 0.136. The minimum Gasteiger partial charge on any atom is -0.356 e. The normalized spacial score (nSPS) is 14.9. The molecule has 0 heterocycles. The second kappa shape index (κ2) is 7.80. The van der Waals surface area contributed by atoms with Crippen LogP contribution in [-0.2, 0) is 4.79 Å². The van der Waals surface area contributed by atoms with E-state index in [1.165, 1.54) is 6.42 Å². The Bertz CT molecular complexity index is 159. The molecule has 0 saturated heterocycles. The summed E-state index contributed by atoms with van der Waals surface area (Å²) in [7, 11) is 0. The number of nitrogens with one attached hydrogen (secondary N) is 2. The van der Waals surface area contributed by atoms with Gasteiger partial charge in [0.15, 0.2) is 0 Å². The maximum atomic E-state index is 11.1. The number of carbonyl (C=O) groups excluding carboxylic acids is 1. The molecule has 0 radical (unpaired) electrons. The van der Waals surface area contributed by atoms with E-state index in [1.807, 2.05) is 6.92 Å². The zero-order valence-corrected chi connectivity index (χ0v) is 9.89. The summed E-state index contributed by atoms with van der Waals surface area (Å²) in [5, 5.41) is 6.15. The number of rotatable bonds is 7. The van der Waals surface area contributed by atoms with E-state index in [1.54, 1.807) is 0 Å². The van der Waals surface area contributed by atoms with Gasteiger partial charge in [-0.15, -0.1) is 0 Å². The number of amides is 1. The van der Waals surface area contributed by atoms with E-state index in [4.69, 9.17) is 0 Å². The molecule has 0 aromatic carbocycles. The largest absolute Gasteiger partial charge is 0.356 e. The Morgan fingerprint density at radius 2 is 1.93 bits per heavy atom. The lowest BCUT2D eigenvalue weighted by atomic mass is 10.0. The topological polar surface area (TPSA) is 41.1 Å². The average molecular weight is 200 g/mol. The fraction of sp³-hybridized carbons (Fsp3) is 0.909. The minimum absolute atomic E-state index is 0.136. The van der Waals surface area contributed by atoms with Crippen LogP contribution in [0, 0.1) is 5.92 Å². The molecule has 3 heteroatoms. The lowest BCUT2D eigenvalue weighted by Gasteiger charge is -2.19. The molecule has 2 atom stereocenters. The Hall–Kier alpha value is -0.570. The molecule has 0 saturated carbocycles. The van der Waals surface area contributed by atoms with Crippen molar-refractivity contribution in [2.24, 2.45) is 5.92 Å². The molecule has 0 aromatic heterocycles. The molecular formula is C11H24N2O. The molecule has 0 aliphatic carbocycles. The summed E-state index contributed by atoms with van der Waals surface area (Å²) in [6.07, 6.45) is 1.75. The van der Waals surface area contributed by atoms with Gasteiger partial charge in [-0.3, -0.25) is 4.79 Å². The van der Waals surface area contributed by atoms with E-state index < -0.39 is 0 Å². The molecule has 0 spiro atoms. The van der Waals surface area contributed by atoms with Gasteiger partial charge in [-0.1, -0.05) is 20.3 Å². The molecule has 2 unspecified atom stereocenters. The van der Waals surface area contributed by atoms with Gasteiger partial charge < -0.3 is 10.6 Å². The standard InChI is InChI=1S/C11H24N2O/c1-5-9(3)10(4)13-8-7-11(14)12-6-2/h9-10,13H,5-8H2,1-4H3,(H,12,14). The Balaban J connectivity index is 3.48. The quantitative estimate of drug-likeness (QED) is 0.654. The van der Waals surface area contributed by atoms with Gasteiger partial charge in [-0.05, 0) is 19.8 Å². The summed E-state index contributed by atoms with van der Waals surface area (Å²) in [5.41, 5.74) is 0. The Morgan fingerprint density at radius 3 is 2.43 bits per heavy atom. The van der Waals surface area contributed by atoms with Gasteiger partial charge in [0.25, 0.3) is 0 Å². The Labute approximate surface area is 87.6 Å². The van der Waals surface area contributed by atoms with E-state index in [0.717, 1.165) is 13.1 Å². The molecule has 0 rings (SSSR count). The number of carbonyl (C=O) groups is 1. The van der Waals surface area contributed by atoms with Crippen molar-refractivity contribution in [2.45, 2.75) is 46.6 Å². The smallest absolute Gasteiger partial charge is 0.221 e. The molecule has 0 bridgehead atoms. The molecule has 0 aromatic rings. The predicted octanol–water partition coefficient (Wildman–Crippen LogP) is 1.54. The third kappa shape index (κ3) is 5.97. The first kappa shape index (κ1) is 13.4. The fourth-order valence-electron chi connectivity index (χ4n) is 1.25. The van der Waals surface area contributed by atoms with Gasteiger partial charge in [0.05, 0.1) is 0 Å². The maximum Gasteiger partial charge on any atom is 0.221 e. The highest BCUT2D eigenvalue weighted by Gasteiger charge is 2.09. The summed E-state index contributed by atoms with van der Waals surface area (Å²) in [6.45, 7) is 10.0. The van der Waals surface area contributed by atoms with Crippen molar-refractivity contribution >= 4 is 5.91 Å². The van der Waals surface area contributed by atoms with Crippen LogP contribution in [0.4, 0.5) is 0 Å². The van der Waals surface area contributed by atoms with Crippen LogP contribution in [0.5, 0.6) is 0 Å². The van der Waals surface area contributed by atoms with E-state index in [0.29, 0.717) is 18.4 Å². The van der Waals surface area contributed by atoms with Crippen molar-refractivity contribution in [1.29, 1.82) is 0 Å². The second-order valence-electron chi connectivity index (χ2n) is 3.83. The highest BCUT2D eigenvalue weighted by Crippen LogP contribution is 2.05. The lowest BCUT2D eigenvalue weighted by molar-refractivity contribution is -0.120. The molecular weight excluding hydrogens is 176 g/mol. The van der Waals surface area contributed by atoms with Crippen LogP contribution >= 0.6 is 0 Å². The van der Waals surface area contributed by atoms with Crippen LogP contribution in [-0.4, -0.2) is 25.0 Å². The first-order valence-corrected chi connectivity index (χ1v) is 5.61. The zero-order chi connectivity index (χ0) is 11.0. The summed E-state index contributed by atoms with van der Waals surface area (Å²) < 4.78 is 0. The molecule has 0 aliphatic rings. The molecule has 14 heavy (non-hydrogen) atoms. The van der Waals surface area contributed by atoms with E-state index in [9.17, 15) is 4.79 Å². The highest BCUT2D eigenvalue weighted by atomic mass is 16.1. The van der Waals surface area contributed by atoms with Gasteiger partial charge in [-0.2, -0.15) is 0 Å². The SMILES string of the molecule is CCNC(=O)CCNC(C)C(C)CC. The van der Waals surface area contributed by atoms with Gasteiger partial charge in [0, 0.05) is 25.6 Å². The van der Waals surface area contributed by atoms with Crippen molar-refractivity contribution in [1.82, 2.24) is 10.6 Å². The predicted molar refractivity (Wildman–Crippen MR) is 60.2 cm³/mol. The molecule has 1 amide bonds. The van der Waals surface area contributed by atoms with Gasteiger partial charge in [-0.25, -0.2) is 0 Å². The van der Waals surface area contributed by atoms with Crippen LogP contribution in [0.1, 0.15) is 40.5 Å². The fourth-order valence-corrected chi connectivity index (χ4v) is 1.25. The van der Waals surface area contributed by atoms with Gasteiger partial charge >= 0.3 is 0 Å². The molecule has 84 valence electrons. The maximum absolute atomic E-state index is 11.1. The van der Waals surface area contributed by atoms with Crippen LogP contribution in [0.2, 0.25) is 0 Å². The zero-order valence-electron chi connectivity index (χ0n) is 9.89. The van der Waals surface area contributed by atoms with E-state index in [-0.39, 0.29) is 5.91 Å². The molecule has 2 N–H and O–H groups in total. The average Bonchev–Trinajstić information content (AvgIpc) is 2.16. The van der Waals surface area contributed by atoms with Crippen molar-refractivity contribution in [2.75, 3.05) is 13.1 Å². The molecule has 0 fully saturated rings. The summed E-state index contributed by atoms with van der Waals surface area (Å²) in [5.74, 6) is 0.806. The van der Waals surface area contributed by atoms with Crippen molar-refractivity contribution in [3.05, 3.63) is 0 Å². The summed E-state index contributed by atoms with van der Waals surface area (Å²) in [6, 6.07) is 0.495. The van der Waals surface area contributed by atoms with Crippen LogP contribution < -0.4 is 10.6 Å². The van der Waals surface area contributed by atoms with Crippen LogP contribution in [0.15, 0.2) is 0 Å². The molecule has 3 nitrogen and oxygen atoms in total. The van der Waals surface area contributed by atoms with Gasteiger partial charge in [0.1, 0.15) is 0 Å². The molecule has 0 aliphatic heterocycles. The third-order valence-corrected chi connectivity index (χ3v) is 2.69. The third-order valence-electron chi connectivity index (χ3n) is 2.69. The Kier molecular flexibility index (Phi) is 7.48. The lowest BCUT2D eigenvalue weighted by Crippen LogP contribution is -2.35. The summed E-state index contributed by atoms with van der Waals surface area (Å²) >= 11 is 0. The van der Waals surface area contributed by atoms with Crippen LogP contribution in [0.3, 0.4) is 0 Å². The van der Waals surface area contributed by atoms with E-state index >= 15 is 0 Å². The number of hydrogen-bond donors (Lipinski definition) is 2. The Morgan fingerprint density at radius 1 is 1.29 bits per heavy atom. The number of hydrogen-bond acceptors (Lipinski definition) is 2. The highest BCUT2D eigenvalue weighted by molar-refractivity contribution is 5.75. The van der Waals surface area contributed by atoms with E-state index in [2.05, 4.69) is 31.4 Å². The van der Waals surface area contributed by atoms with Crippen molar-refractivity contribution in [3.63, 3.8) is 0 Å². The van der Waals surface area contributed by atoms with Crippen molar-refractivity contribution in [3.8, 4) is 0 Å². The van der Waals surface area contributed by atoms with Gasteiger partial charge in [0.2, 0.25) is 5.91 Å². The summed E-state index contributed by atoms with van der Waals surface area (Å²) in [4.78, 5) is 11.1. The monoisotopic (exact) mass is 200 g/mol. The first-order valence-electron chi connectivity index (χ1n) is 5.61. The van der Waals surface area contributed by atoms with Crippen LogP contribution in [0.25, 0.3) is 0 Å².